The fourth-order valence-electron chi connectivity index (χ4n) is 5.30. The Labute approximate surface area is 196 Å². The highest BCUT2D eigenvalue weighted by Gasteiger charge is 2.48. The highest BCUT2D eigenvalue weighted by molar-refractivity contribution is 5.85. The minimum absolute atomic E-state index is 0. The summed E-state index contributed by atoms with van der Waals surface area (Å²) in [5.74, 6) is -5.39. The van der Waals surface area contributed by atoms with E-state index in [-0.39, 0.29) is 37.0 Å². The summed E-state index contributed by atoms with van der Waals surface area (Å²) in [6.07, 6.45) is 0. The molecule has 2 saturated heterocycles. The molecule has 1 amide bonds. The third-order valence-corrected chi connectivity index (χ3v) is 7.08. The van der Waals surface area contributed by atoms with Crippen molar-refractivity contribution in [2.24, 2.45) is 17.8 Å². The van der Waals surface area contributed by atoms with Crippen molar-refractivity contribution >= 4 is 18.3 Å². The van der Waals surface area contributed by atoms with E-state index in [0.29, 0.717) is 18.7 Å². The molecule has 2 N–H and O–H groups in total. The number of hydrogen-bond donors (Lipinski definition) is 2. The van der Waals surface area contributed by atoms with Crippen molar-refractivity contribution in [3.63, 3.8) is 0 Å². The number of likely N-dealkylation sites (tertiary alicyclic amines) is 1. The average molecular weight is 487 g/mol. The van der Waals surface area contributed by atoms with Crippen LogP contribution in [0.5, 0.6) is 0 Å². The number of piperidine rings is 1. The third kappa shape index (κ3) is 4.48. The van der Waals surface area contributed by atoms with Crippen molar-refractivity contribution in [2.45, 2.75) is 25.4 Å². The average Bonchev–Trinajstić information content (AvgIpc) is 3.22. The fourth-order valence-corrected chi connectivity index (χ4v) is 5.30. The van der Waals surface area contributed by atoms with Gasteiger partial charge in [0.2, 0.25) is 5.91 Å². The smallest absolute Gasteiger partial charge is 0.227 e. The van der Waals surface area contributed by atoms with Crippen LogP contribution in [-0.2, 0) is 10.4 Å². The highest BCUT2D eigenvalue weighted by atomic mass is 35.5. The van der Waals surface area contributed by atoms with Gasteiger partial charge in [0, 0.05) is 50.0 Å². The molecule has 2 aliphatic rings. The maximum Gasteiger partial charge on any atom is 0.227 e. The zero-order valence-electron chi connectivity index (χ0n) is 18.3. The Morgan fingerprint density at radius 2 is 1.64 bits per heavy atom. The van der Waals surface area contributed by atoms with Gasteiger partial charge in [-0.2, -0.15) is 0 Å². The summed E-state index contributed by atoms with van der Waals surface area (Å²) in [6, 6.07) is 6.76. The number of hydrogen-bond acceptors (Lipinski definition) is 3. The molecule has 2 heterocycles. The van der Waals surface area contributed by atoms with Gasteiger partial charge in [-0.05, 0) is 29.3 Å². The summed E-state index contributed by atoms with van der Waals surface area (Å²) in [5, 5.41) is 14.6. The van der Waals surface area contributed by atoms with E-state index in [1.165, 1.54) is 18.2 Å². The van der Waals surface area contributed by atoms with Crippen LogP contribution in [-0.4, -0.2) is 42.1 Å². The summed E-state index contributed by atoms with van der Waals surface area (Å²) >= 11 is 0. The van der Waals surface area contributed by atoms with Crippen molar-refractivity contribution in [2.75, 3.05) is 26.2 Å². The number of aliphatic hydroxyl groups is 1. The number of benzene rings is 2. The molecule has 9 heteroatoms. The lowest BCUT2D eigenvalue weighted by Gasteiger charge is -2.48. The van der Waals surface area contributed by atoms with E-state index in [4.69, 9.17) is 0 Å². The summed E-state index contributed by atoms with van der Waals surface area (Å²) in [5.41, 5.74) is -0.856. The van der Waals surface area contributed by atoms with Crippen LogP contribution in [0.4, 0.5) is 17.6 Å². The van der Waals surface area contributed by atoms with Crippen LogP contribution in [0, 0.1) is 41.0 Å². The lowest BCUT2D eigenvalue weighted by atomic mass is 9.70. The van der Waals surface area contributed by atoms with Crippen molar-refractivity contribution in [1.82, 2.24) is 10.2 Å². The Morgan fingerprint density at radius 3 is 2.24 bits per heavy atom. The Balaban J connectivity index is 0.00000306. The molecular weight excluding hydrogens is 460 g/mol. The summed E-state index contributed by atoms with van der Waals surface area (Å²) in [7, 11) is 0. The van der Waals surface area contributed by atoms with Gasteiger partial charge in [-0.1, -0.05) is 26.0 Å². The first-order valence-electron chi connectivity index (χ1n) is 10.7. The maximum absolute atomic E-state index is 14.4. The van der Waals surface area contributed by atoms with Crippen LogP contribution >= 0.6 is 12.4 Å². The molecule has 0 bridgehead atoms. The molecule has 33 heavy (non-hydrogen) atoms. The molecule has 5 atom stereocenters. The molecule has 180 valence electrons. The van der Waals surface area contributed by atoms with Crippen molar-refractivity contribution in [3.8, 4) is 0 Å². The van der Waals surface area contributed by atoms with Gasteiger partial charge in [-0.25, -0.2) is 17.6 Å². The molecule has 0 radical (unpaired) electrons. The first-order valence-corrected chi connectivity index (χ1v) is 10.7. The monoisotopic (exact) mass is 486 g/mol. The maximum atomic E-state index is 14.4. The van der Waals surface area contributed by atoms with Crippen LogP contribution in [0.25, 0.3) is 0 Å². The molecule has 2 aliphatic heterocycles. The molecule has 1 unspecified atom stereocenters. The standard InChI is InChI=1S/C24H26F4N2O2.ClH/c1-13-11-30(12-14(2)24(13,32)15-3-6-20(26)22(28)7-15)23(31)19-10-29-9-18(19)17-5-4-16(25)8-21(17)27;/h3-8,13-14,18-19,29,32H,9-12H2,1-2H3;1H/t13-,14+,18-,19+,24?;/m0./s1. The summed E-state index contributed by atoms with van der Waals surface area (Å²) in [6.45, 7) is 4.73. The highest BCUT2D eigenvalue weighted by Crippen LogP contribution is 2.42. The number of carbonyl (C=O) groups is 1. The van der Waals surface area contributed by atoms with Gasteiger partial charge in [-0.3, -0.25) is 4.79 Å². The molecular formula is C24H27ClF4N2O2. The van der Waals surface area contributed by atoms with E-state index in [9.17, 15) is 27.5 Å². The van der Waals surface area contributed by atoms with Gasteiger partial charge < -0.3 is 15.3 Å². The zero-order valence-corrected chi connectivity index (χ0v) is 19.1. The molecule has 0 aliphatic carbocycles. The second kappa shape index (κ2) is 9.60. The number of amides is 1. The molecule has 2 aromatic rings. The molecule has 4 rings (SSSR count). The Bertz CT molecular complexity index is 1030. The van der Waals surface area contributed by atoms with Gasteiger partial charge in [0.1, 0.15) is 11.6 Å². The second-order valence-corrected chi connectivity index (χ2v) is 9.04. The van der Waals surface area contributed by atoms with Crippen molar-refractivity contribution < 1.29 is 27.5 Å². The third-order valence-electron chi connectivity index (χ3n) is 7.08. The van der Waals surface area contributed by atoms with Gasteiger partial charge >= 0.3 is 0 Å². The fraction of sp³-hybridized carbons (Fsp3) is 0.458. The first-order chi connectivity index (χ1) is 15.1. The zero-order chi connectivity index (χ0) is 23.2. The van der Waals surface area contributed by atoms with Gasteiger partial charge in [0.25, 0.3) is 0 Å². The quantitative estimate of drug-likeness (QED) is 0.646. The molecule has 2 fully saturated rings. The molecule has 0 saturated carbocycles. The van der Waals surface area contributed by atoms with Crippen LogP contribution in [0.3, 0.4) is 0 Å². The molecule has 0 spiro atoms. The van der Waals surface area contributed by atoms with Crippen LogP contribution in [0.2, 0.25) is 0 Å². The lowest BCUT2D eigenvalue weighted by molar-refractivity contribution is -0.152. The molecule has 0 aromatic heterocycles. The van der Waals surface area contributed by atoms with Crippen LogP contribution < -0.4 is 5.32 Å². The first kappa shape index (κ1) is 25.5. The number of rotatable bonds is 3. The number of nitrogens with zero attached hydrogens (tertiary/aromatic N) is 1. The number of halogens is 5. The predicted octanol–water partition coefficient (Wildman–Crippen LogP) is 3.97. The second-order valence-electron chi connectivity index (χ2n) is 9.04. The van der Waals surface area contributed by atoms with E-state index in [1.807, 2.05) is 0 Å². The summed E-state index contributed by atoms with van der Waals surface area (Å²) in [4.78, 5) is 15.0. The van der Waals surface area contributed by atoms with E-state index in [1.54, 1.807) is 18.7 Å². The van der Waals surface area contributed by atoms with E-state index < -0.39 is 52.5 Å². The van der Waals surface area contributed by atoms with Crippen molar-refractivity contribution in [3.05, 3.63) is 70.8 Å². The Hall–Kier alpha value is -2.16. The minimum atomic E-state index is -1.43. The normalized spacial score (nSPS) is 29.6. The van der Waals surface area contributed by atoms with Gasteiger partial charge in [-0.15, -0.1) is 12.4 Å². The van der Waals surface area contributed by atoms with Gasteiger partial charge in [0.05, 0.1) is 11.5 Å². The minimum Gasteiger partial charge on any atom is -0.384 e. The number of carbonyl (C=O) groups excluding carboxylic acids is 1. The Morgan fingerprint density at radius 1 is 0.970 bits per heavy atom. The van der Waals surface area contributed by atoms with Crippen molar-refractivity contribution in [1.29, 1.82) is 0 Å². The predicted molar refractivity (Wildman–Crippen MR) is 118 cm³/mol. The Kier molecular flexibility index (Phi) is 7.41. The lowest BCUT2D eigenvalue weighted by Crippen LogP contribution is -2.57. The molecule has 2 aromatic carbocycles. The van der Waals surface area contributed by atoms with E-state index >= 15 is 0 Å². The van der Waals surface area contributed by atoms with Crippen LogP contribution in [0.1, 0.15) is 30.9 Å². The SMILES string of the molecule is C[C@@H]1CN(C(=O)[C@@H]2CNC[C@H]2c2ccc(F)cc2F)C[C@H](C)C1(O)c1ccc(F)c(F)c1.Cl. The van der Waals surface area contributed by atoms with Gasteiger partial charge in [0.15, 0.2) is 11.6 Å². The summed E-state index contributed by atoms with van der Waals surface area (Å²) < 4.78 is 54.9. The van der Waals surface area contributed by atoms with Crippen LogP contribution in [0.15, 0.2) is 36.4 Å². The van der Waals surface area contributed by atoms with E-state index in [0.717, 1.165) is 18.2 Å². The largest absolute Gasteiger partial charge is 0.384 e. The van der Waals surface area contributed by atoms with E-state index in [2.05, 4.69) is 5.32 Å². The molecule has 4 nitrogen and oxygen atoms in total. The number of nitrogens with one attached hydrogen (secondary N) is 1. The topological polar surface area (TPSA) is 52.6 Å².